The van der Waals surface area contributed by atoms with Crippen LogP contribution in [0.2, 0.25) is 0 Å². The molecule has 1 aromatic carbocycles. The van der Waals surface area contributed by atoms with E-state index in [1.807, 2.05) is 24.3 Å². The average Bonchev–Trinajstić information content (AvgIpc) is 2.95. The molecule has 0 saturated carbocycles. The van der Waals surface area contributed by atoms with Crippen LogP contribution in [0.25, 0.3) is 5.69 Å². The largest absolute Gasteiger partial charge is 0.480 e. The molecule has 22 heavy (non-hydrogen) atoms. The van der Waals surface area contributed by atoms with E-state index < -0.39 is 17.4 Å². The Kier molecular flexibility index (Phi) is 4.37. The highest BCUT2D eigenvalue weighted by molar-refractivity contribution is 9.10. The summed E-state index contributed by atoms with van der Waals surface area (Å²) in [4.78, 5) is 24.8. The molecule has 0 unspecified atom stereocenters. The van der Waals surface area contributed by atoms with Gasteiger partial charge >= 0.3 is 5.97 Å². The van der Waals surface area contributed by atoms with Crippen molar-refractivity contribution in [3.8, 4) is 5.69 Å². The molecule has 1 N–H and O–H groups in total. The smallest absolute Gasteiger partial charge is 0.329 e. The first-order valence-corrected chi connectivity index (χ1v) is 7.36. The van der Waals surface area contributed by atoms with Crippen LogP contribution in [0, 0.1) is 0 Å². The number of halogens is 1. The number of rotatable bonds is 4. The molecule has 0 atom stereocenters. The molecule has 1 aromatic heterocycles. The molecule has 0 spiro atoms. The summed E-state index contributed by atoms with van der Waals surface area (Å²) in [5.41, 5.74) is -0.318. The molecular weight excluding hydrogens is 350 g/mol. The minimum absolute atomic E-state index is 0.191. The maximum atomic E-state index is 12.4. The monoisotopic (exact) mass is 365 g/mol. The Hall–Kier alpha value is -2.15. The van der Waals surface area contributed by atoms with E-state index in [9.17, 15) is 14.7 Å². The van der Waals surface area contributed by atoms with E-state index in [1.54, 1.807) is 16.9 Å². The number of hydrogen-bond donors (Lipinski definition) is 1. The Balaban J connectivity index is 2.28. The van der Waals surface area contributed by atoms with Crippen LogP contribution in [0.1, 0.15) is 24.3 Å². The van der Waals surface area contributed by atoms with Gasteiger partial charge in [0.1, 0.15) is 5.54 Å². The van der Waals surface area contributed by atoms with Crippen LogP contribution in [0.5, 0.6) is 0 Å². The number of benzene rings is 1. The van der Waals surface area contributed by atoms with Crippen LogP contribution in [0.4, 0.5) is 0 Å². The highest BCUT2D eigenvalue weighted by Gasteiger charge is 2.36. The number of carbonyl (C=O) groups is 2. The lowest BCUT2D eigenvalue weighted by molar-refractivity contribution is -0.147. The van der Waals surface area contributed by atoms with Crippen molar-refractivity contribution >= 4 is 27.8 Å². The Labute approximate surface area is 136 Å². The molecule has 1 amide bonds. The van der Waals surface area contributed by atoms with E-state index in [4.69, 9.17) is 0 Å². The molecule has 2 aromatic rings. The molecule has 0 aliphatic heterocycles. The molecule has 0 saturated heterocycles. The van der Waals surface area contributed by atoms with Gasteiger partial charge in [-0.25, -0.2) is 9.48 Å². The minimum Gasteiger partial charge on any atom is -0.480 e. The van der Waals surface area contributed by atoms with Gasteiger partial charge in [-0.15, -0.1) is 0 Å². The second kappa shape index (κ2) is 5.92. The Morgan fingerprint density at radius 3 is 2.59 bits per heavy atom. The van der Waals surface area contributed by atoms with Crippen molar-refractivity contribution in [1.29, 1.82) is 0 Å². The van der Waals surface area contributed by atoms with E-state index in [0.717, 1.165) is 10.2 Å². The molecule has 2 rings (SSSR count). The molecule has 1 heterocycles. The fourth-order valence-corrected chi connectivity index (χ4v) is 2.16. The zero-order valence-electron chi connectivity index (χ0n) is 12.4. The lowest BCUT2D eigenvalue weighted by atomic mass is 10.0. The third-order valence-electron chi connectivity index (χ3n) is 3.55. The standard InChI is InChI=1S/C15H16BrN3O3/c1-15(2,14(21)22)18(3)13(20)12-7-8-19(17-12)11-6-4-5-10(16)9-11/h4-9H,1-3H3,(H,21,22). The first-order valence-electron chi connectivity index (χ1n) is 6.56. The molecular formula is C15H16BrN3O3. The van der Waals surface area contributed by atoms with Crippen LogP contribution >= 0.6 is 15.9 Å². The van der Waals surface area contributed by atoms with Gasteiger partial charge in [-0.3, -0.25) is 4.79 Å². The van der Waals surface area contributed by atoms with E-state index >= 15 is 0 Å². The molecule has 0 aliphatic rings. The predicted molar refractivity (Wildman–Crippen MR) is 85.1 cm³/mol. The van der Waals surface area contributed by atoms with Crippen LogP contribution in [0.3, 0.4) is 0 Å². The van der Waals surface area contributed by atoms with Crippen LogP contribution < -0.4 is 0 Å². The Morgan fingerprint density at radius 2 is 2.00 bits per heavy atom. The normalized spacial score (nSPS) is 11.3. The van der Waals surface area contributed by atoms with Crippen molar-refractivity contribution in [2.24, 2.45) is 0 Å². The van der Waals surface area contributed by atoms with Gasteiger partial charge in [0, 0.05) is 17.7 Å². The van der Waals surface area contributed by atoms with Gasteiger partial charge in [0.2, 0.25) is 0 Å². The summed E-state index contributed by atoms with van der Waals surface area (Å²) in [6.45, 7) is 2.94. The first-order chi connectivity index (χ1) is 10.2. The second-order valence-electron chi connectivity index (χ2n) is 5.35. The Bertz CT molecular complexity index is 724. The van der Waals surface area contributed by atoms with Gasteiger partial charge in [-0.1, -0.05) is 22.0 Å². The van der Waals surface area contributed by atoms with Gasteiger partial charge in [0.15, 0.2) is 5.69 Å². The topological polar surface area (TPSA) is 75.4 Å². The number of likely N-dealkylation sites (N-methyl/N-ethyl adjacent to an activating group) is 1. The highest BCUT2D eigenvalue weighted by Crippen LogP contribution is 2.18. The fraction of sp³-hybridized carbons (Fsp3) is 0.267. The number of aliphatic carboxylic acids is 1. The summed E-state index contributed by atoms with van der Waals surface area (Å²) in [5.74, 6) is -1.52. The number of carboxylic acids is 1. The van der Waals surface area contributed by atoms with Gasteiger partial charge in [0.25, 0.3) is 5.91 Å². The molecule has 0 fully saturated rings. The van der Waals surface area contributed by atoms with Gasteiger partial charge in [0.05, 0.1) is 5.69 Å². The van der Waals surface area contributed by atoms with E-state index in [2.05, 4.69) is 21.0 Å². The van der Waals surface area contributed by atoms with E-state index in [0.29, 0.717) is 0 Å². The summed E-state index contributed by atoms with van der Waals surface area (Å²) < 4.78 is 2.47. The zero-order chi connectivity index (χ0) is 16.5. The summed E-state index contributed by atoms with van der Waals surface area (Å²) in [5, 5.41) is 13.4. The summed E-state index contributed by atoms with van der Waals surface area (Å²) in [7, 11) is 1.45. The lowest BCUT2D eigenvalue weighted by Gasteiger charge is -2.30. The van der Waals surface area contributed by atoms with Crippen LogP contribution in [0.15, 0.2) is 41.0 Å². The molecule has 116 valence electrons. The van der Waals surface area contributed by atoms with Crippen molar-refractivity contribution in [2.75, 3.05) is 7.05 Å². The number of aromatic nitrogens is 2. The number of carbonyl (C=O) groups excluding carboxylic acids is 1. The summed E-state index contributed by atoms with van der Waals surface area (Å²) in [6.07, 6.45) is 1.66. The molecule has 0 bridgehead atoms. The van der Waals surface area contributed by atoms with Gasteiger partial charge in [-0.2, -0.15) is 5.10 Å². The van der Waals surface area contributed by atoms with Crippen molar-refractivity contribution < 1.29 is 14.7 Å². The summed E-state index contributed by atoms with van der Waals surface area (Å²) in [6, 6.07) is 9.05. The molecule has 6 nitrogen and oxygen atoms in total. The molecule has 7 heteroatoms. The number of hydrogen-bond acceptors (Lipinski definition) is 3. The van der Waals surface area contributed by atoms with Crippen molar-refractivity contribution in [2.45, 2.75) is 19.4 Å². The van der Waals surface area contributed by atoms with Crippen LogP contribution in [-0.4, -0.2) is 44.3 Å². The van der Waals surface area contributed by atoms with Crippen molar-refractivity contribution in [1.82, 2.24) is 14.7 Å². The molecule has 0 radical (unpaired) electrons. The van der Waals surface area contributed by atoms with E-state index in [-0.39, 0.29) is 5.69 Å². The van der Waals surface area contributed by atoms with E-state index in [1.165, 1.54) is 25.8 Å². The SMILES string of the molecule is CN(C(=O)c1ccn(-c2cccc(Br)c2)n1)C(C)(C)C(=O)O. The zero-order valence-corrected chi connectivity index (χ0v) is 14.0. The summed E-state index contributed by atoms with van der Waals surface area (Å²) >= 11 is 3.38. The van der Waals surface area contributed by atoms with Crippen molar-refractivity contribution in [3.63, 3.8) is 0 Å². The number of carboxylic acid groups (broad SMARTS) is 1. The predicted octanol–water partition coefficient (Wildman–Crippen LogP) is 2.57. The number of nitrogens with zero attached hydrogens (tertiary/aromatic N) is 3. The lowest BCUT2D eigenvalue weighted by Crippen LogP contribution is -2.50. The van der Waals surface area contributed by atoms with Crippen LogP contribution in [-0.2, 0) is 4.79 Å². The second-order valence-corrected chi connectivity index (χ2v) is 6.27. The fourth-order valence-electron chi connectivity index (χ4n) is 1.77. The Morgan fingerprint density at radius 1 is 1.32 bits per heavy atom. The minimum atomic E-state index is -1.31. The maximum absolute atomic E-state index is 12.4. The van der Waals surface area contributed by atoms with Gasteiger partial charge < -0.3 is 10.0 Å². The first kappa shape index (κ1) is 16.2. The third-order valence-corrected chi connectivity index (χ3v) is 4.04. The third kappa shape index (κ3) is 3.04. The molecule has 0 aliphatic carbocycles. The average molecular weight is 366 g/mol. The van der Waals surface area contributed by atoms with Crippen molar-refractivity contribution in [3.05, 3.63) is 46.7 Å². The van der Waals surface area contributed by atoms with Gasteiger partial charge in [-0.05, 0) is 38.1 Å². The number of amides is 1. The quantitative estimate of drug-likeness (QED) is 0.903. The maximum Gasteiger partial charge on any atom is 0.329 e. The highest BCUT2D eigenvalue weighted by atomic mass is 79.9.